The fraction of sp³-hybridized carbons (Fsp3) is 0.238. The minimum atomic E-state index is 0.0409. The normalized spacial score (nSPS) is 13.2. The van der Waals surface area contributed by atoms with Crippen molar-refractivity contribution in [3.63, 3.8) is 0 Å². The molecule has 1 amide bonds. The van der Waals surface area contributed by atoms with E-state index in [0.717, 1.165) is 32.0 Å². The van der Waals surface area contributed by atoms with Crippen molar-refractivity contribution in [1.82, 2.24) is 9.88 Å². The highest BCUT2D eigenvalue weighted by Crippen LogP contribution is 2.36. The van der Waals surface area contributed by atoms with E-state index in [0.29, 0.717) is 30.2 Å². The number of benzene rings is 2. The molecule has 0 fully saturated rings. The lowest BCUT2D eigenvalue weighted by atomic mass is 10.1. The van der Waals surface area contributed by atoms with Crippen molar-refractivity contribution in [3.05, 3.63) is 63.1 Å². The van der Waals surface area contributed by atoms with Crippen LogP contribution in [0, 0.1) is 0 Å². The van der Waals surface area contributed by atoms with Crippen LogP contribution in [0.2, 0.25) is 0 Å². The van der Waals surface area contributed by atoms with Gasteiger partial charge in [-0.2, -0.15) is 0 Å². The molecule has 3 aromatic rings. The Morgan fingerprint density at radius 1 is 1.14 bits per heavy atom. The van der Waals surface area contributed by atoms with Crippen LogP contribution < -0.4 is 9.47 Å². The highest BCUT2D eigenvalue weighted by molar-refractivity contribution is 9.10. The first-order valence-corrected chi connectivity index (χ1v) is 10.5. The van der Waals surface area contributed by atoms with Crippen molar-refractivity contribution in [3.8, 4) is 22.1 Å². The lowest BCUT2D eigenvalue weighted by Gasteiger charge is -2.26. The second kappa shape index (κ2) is 7.93. The van der Waals surface area contributed by atoms with E-state index in [1.807, 2.05) is 47.4 Å². The van der Waals surface area contributed by atoms with Crippen LogP contribution in [0.5, 0.6) is 11.5 Å². The molecule has 0 saturated heterocycles. The molecule has 1 aliphatic heterocycles. The van der Waals surface area contributed by atoms with Crippen molar-refractivity contribution in [2.75, 3.05) is 20.8 Å². The summed E-state index contributed by atoms with van der Waals surface area (Å²) in [6, 6.07) is 13.3. The lowest BCUT2D eigenvalue weighted by Crippen LogP contribution is -2.35. The number of methoxy groups -OCH3 is 2. The fourth-order valence-electron chi connectivity index (χ4n) is 3.27. The topological polar surface area (TPSA) is 51.7 Å². The summed E-state index contributed by atoms with van der Waals surface area (Å²) in [4.78, 5) is 20.7. The van der Waals surface area contributed by atoms with Crippen LogP contribution in [0.15, 0.2) is 46.9 Å². The van der Waals surface area contributed by atoms with E-state index in [1.165, 1.54) is 0 Å². The number of hydrogen-bond acceptors (Lipinski definition) is 5. The Bertz CT molecular complexity index is 1030. The molecule has 144 valence electrons. The number of carbonyl (C=O) groups is 1. The molecule has 0 spiro atoms. The minimum absolute atomic E-state index is 0.0409. The van der Waals surface area contributed by atoms with Gasteiger partial charge in [-0.15, -0.1) is 11.3 Å². The predicted molar refractivity (Wildman–Crippen MR) is 113 cm³/mol. The molecule has 2 aromatic carbocycles. The van der Waals surface area contributed by atoms with Gasteiger partial charge in [0.2, 0.25) is 0 Å². The maximum absolute atomic E-state index is 12.9. The van der Waals surface area contributed by atoms with Crippen LogP contribution in [0.25, 0.3) is 10.6 Å². The van der Waals surface area contributed by atoms with Crippen LogP contribution in [0.1, 0.15) is 20.9 Å². The quantitative estimate of drug-likeness (QED) is 0.563. The van der Waals surface area contributed by atoms with Crippen molar-refractivity contribution in [2.24, 2.45) is 0 Å². The molecule has 0 atom stereocenters. The molecule has 1 aliphatic rings. The molecular formula is C21H19BrN2O3S. The fourth-order valence-corrected chi connectivity index (χ4v) is 4.84. The monoisotopic (exact) mass is 458 g/mol. The molecule has 2 heterocycles. The molecular weight excluding hydrogens is 440 g/mol. The van der Waals surface area contributed by atoms with Gasteiger partial charge in [0.1, 0.15) is 5.01 Å². The van der Waals surface area contributed by atoms with E-state index in [-0.39, 0.29) is 5.91 Å². The van der Waals surface area contributed by atoms with Gasteiger partial charge in [0, 0.05) is 27.9 Å². The van der Waals surface area contributed by atoms with E-state index in [9.17, 15) is 4.79 Å². The van der Waals surface area contributed by atoms with Crippen LogP contribution in [-0.2, 0) is 13.0 Å². The molecule has 0 aliphatic carbocycles. The molecule has 28 heavy (non-hydrogen) atoms. The Hall–Kier alpha value is -2.38. The highest BCUT2D eigenvalue weighted by atomic mass is 79.9. The molecule has 4 rings (SSSR count). The zero-order valence-corrected chi connectivity index (χ0v) is 18.0. The molecule has 0 radical (unpaired) electrons. The number of hydrogen-bond donors (Lipinski definition) is 0. The summed E-state index contributed by atoms with van der Waals surface area (Å²) in [5.41, 5.74) is 2.75. The largest absolute Gasteiger partial charge is 0.493 e. The first-order chi connectivity index (χ1) is 13.6. The second-order valence-corrected chi connectivity index (χ2v) is 8.35. The van der Waals surface area contributed by atoms with Crippen LogP contribution >= 0.6 is 27.3 Å². The Morgan fingerprint density at radius 2 is 1.93 bits per heavy atom. The van der Waals surface area contributed by atoms with E-state index < -0.39 is 0 Å². The number of halogens is 1. The summed E-state index contributed by atoms with van der Waals surface area (Å²) in [7, 11) is 3.25. The number of nitrogens with zero attached hydrogens (tertiary/aromatic N) is 2. The van der Waals surface area contributed by atoms with Gasteiger partial charge in [0.15, 0.2) is 11.5 Å². The van der Waals surface area contributed by atoms with Gasteiger partial charge in [-0.3, -0.25) is 4.79 Å². The van der Waals surface area contributed by atoms with Gasteiger partial charge in [0.25, 0.3) is 5.91 Å². The van der Waals surface area contributed by atoms with Crippen molar-refractivity contribution >= 4 is 33.2 Å². The smallest absolute Gasteiger partial charge is 0.255 e. The van der Waals surface area contributed by atoms with Crippen LogP contribution in [0.4, 0.5) is 0 Å². The number of carbonyl (C=O) groups excluding carboxylic acids is 1. The first kappa shape index (κ1) is 19.0. The van der Waals surface area contributed by atoms with Gasteiger partial charge in [-0.25, -0.2) is 4.98 Å². The summed E-state index contributed by atoms with van der Waals surface area (Å²) in [5, 5.41) is 0.932. The van der Waals surface area contributed by atoms with Gasteiger partial charge in [-0.05, 0) is 46.3 Å². The Kier molecular flexibility index (Phi) is 5.37. The summed E-state index contributed by atoms with van der Waals surface area (Å²) in [6.07, 6.45) is 0.759. The van der Waals surface area contributed by atoms with Crippen LogP contribution in [0.3, 0.4) is 0 Å². The second-order valence-electron chi connectivity index (χ2n) is 6.42. The van der Waals surface area contributed by atoms with Crippen molar-refractivity contribution in [2.45, 2.75) is 13.0 Å². The van der Waals surface area contributed by atoms with E-state index in [4.69, 9.17) is 14.5 Å². The average Bonchev–Trinajstić information content (AvgIpc) is 3.16. The van der Waals surface area contributed by atoms with E-state index in [1.54, 1.807) is 25.6 Å². The number of rotatable bonds is 4. The molecule has 5 nitrogen and oxygen atoms in total. The van der Waals surface area contributed by atoms with Gasteiger partial charge >= 0.3 is 0 Å². The number of aromatic nitrogens is 1. The van der Waals surface area contributed by atoms with Gasteiger partial charge < -0.3 is 14.4 Å². The van der Waals surface area contributed by atoms with Crippen LogP contribution in [-0.4, -0.2) is 36.6 Å². The minimum Gasteiger partial charge on any atom is -0.493 e. The standard InChI is InChI=1S/C21H19BrN2O3S/c1-26-17-8-7-13(11-18(17)27-2)20-23-16-9-10-24(12-19(16)28-20)21(25)14-5-3-4-6-15(14)22/h3-8,11H,9-10,12H2,1-2H3. The summed E-state index contributed by atoms with van der Waals surface area (Å²) >= 11 is 5.10. The van der Waals surface area contributed by atoms with Crippen molar-refractivity contribution in [1.29, 1.82) is 0 Å². The average molecular weight is 459 g/mol. The zero-order valence-electron chi connectivity index (χ0n) is 15.6. The predicted octanol–water partition coefficient (Wildman–Crippen LogP) is 4.79. The maximum atomic E-state index is 12.9. The third kappa shape index (κ3) is 3.52. The Morgan fingerprint density at radius 3 is 2.68 bits per heavy atom. The summed E-state index contributed by atoms with van der Waals surface area (Å²) in [5.74, 6) is 1.41. The SMILES string of the molecule is COc1ccc(-c2nc3c(s2)CN(C(=O)c2ccccc2Br)CC3)cc1OC. The Labute approximate surface area is 176 Å². The molecule has 1 aromatic heterocycles. The Balaban J connectivity index is 1.59. The number of ether oxygens (including phenoxy) is 2. The van der Waals surface area contributed by atoms with Crippen molar-refractivity contribution < 1.29 is 14.3 Å². The molecule has 7 heteroatoms. The number of fused-ring (bicyclic) bond motifs is 1. The molecule has 0 bridgehead atoms. The third-order valence-electron chi connectivity index (χ3n) is 4.75. The zero-order chi connectivity index (χ0) is 19.7. The highest BCUT2D eigenvalue weighted by Gasteiger charge is 2.26. The first-order valence-electron chi connectivity index (χ1n) is 8.85. The van der Waals surface area contributed by atoms with E-state index >= 15 is 0 Å². The third-order valence-corrected chi connectivity index (χ3v) is 6.58. The number of amides is 1. The van der Waals surface area contributed by atoms with E-state index in [2.05, 4.69) is 15.9 Å². The van der Waals surface area contributed by atoms with Gasteiger partial charge in [0.05, 0.1) is 32.0 Å². The lowest BCUT2D eigenvalue weighted by molar-refractivity contribution is 0.0735. The summed E-state index contributed by atoms with van der Waals surface area (Å²) in [6.45, 7) is 1.25. The molecule has 0 saturated carbocycles. The number of thiazole rings is 1. The maximum Gasteiger partial charge on any atom is 0.255 e. The molecule has 0 N–H and O–H groups in total. The molecule has 0 unspecified atom stereocenters. The summed E-state index contributed by atoms with van der Waals surface area (Å²) < 4.78 is 11.5. The van der Waals surface area contributed by atoms with Gasteiger partial charge in [-0.1, -0.05) is 12.1 Å².